The molecule has 0 saturated heterocycles. The molecular formula is C18H32O6P2S. The minimum atomic E-state index is -3.63. The molecule has 1 rings (SSSR count). The number of rotatable bonds is 11. The van der Waals surface area contributed by atoms with Crippen LogP contribution in [0.25, 0.3) is 0 Å². The molecule has 0 saturated carbocycles. The van der Waals surface area contributed by atoms with E-state index in [0.29, 0.717) is 10.2 Å². The minimum absolute atomic E-state index is 0.292. The van der Waals surface area contributed by atoms with Gasteiger partial charge in [0.05, 0.1) is 29.7 Å². The highest BCUT2D eigenvalue weighted by molar-refractivity contribution is 8.55. The first kappa shape index (κ1) is 24.9. The van der Waals surface area contributed by atoms with E-state index in [1.54, 1.807) is 79.7 Å². The predicted molar refractivity (Wildman–Crippen MR) is 112 cm³/mol. The van der Waals surface area contributed by atoms with Crippen LogP contribution in [0.1, 0.15) is 55.4 Å². The van der Waals surface area contributed by atoms with Crippen molar-refractivity contribution < 1.29 is 27.2 Å². The molecule has 0 atom stereocenters. The van der Waals surface area contributed by atoms with Crippen molar-refractivity contribution in [2.75, 3.05) is 0 Å². The van der Waals surface area contributed by atoms with Crippen LogP contribution in [0.4, 0.5) is 0 Å². The summed E-state index contributed by atoms with van der Waals surface area (Å²) in [6.07, 6.45) is -1.20. The number of benzene rings is 1. The molecule has 6 nitrogen and oxygen atoms in total. The standard InChI is InChI=1S/C18H32O6P2S/c1-13(2)21-25(19,22-14(3)4)17-11-9-10-12-18(17)27-26(20,23-15(5)6)24-16(7)8/h9-16H,1-8H3. The molecule has 0 unspecified atom stereocenters. The largest absolute Gasteiger partial charge is 0.394 e. The molecule has 0 aliphatic heterocycles. The molecule has 156 valence electrons. The van der Waals surface area contributed by atoms with Crippen molar-refractivity contribution in [3.05, 3.63) is 24.3 Å². The summed E-state index contributed by atoms with van der Waals surface area (Å²) in [5.41, 5.74) is 0. The fourth-order valence-corrected chi connectivity index (χ4v) is 9.05. The fraction of sp³-hybridized carbons (Fsp3) is 0.667. The lowest BCUT2D eigenvalue weighted by molar-refractivity contribution is 0.150. The highest BCUT2D eigenvalue weighted by Gasteiger charge is 2.37. The Morgan fingerprint density at radius 1 is 0.704 bits per heavy atom. The Hall–Kier alpha value is -0.130. The number of hydrogen-bond acceptors (Lipinski definition) is 7. The average Bonchev–Trinajstić information content (AvgIpc) is 2.43. The van der Waals surface area contributed by atoms with E-state index in [0.717, 1.165) is 11.4 Å². The van der Waals surface area contributed by atoms with Crippen molar-refractivity contribution in [3.8, 4) is 0 Å². The molecule has 0 amide bonds. The van der Waals surface area contributed by atoms with Gasteiger partial charge in [0.1, 0.15) is 0 Å². The maximum atomic E-state index is 13.6. The monoisotopic (exact) mass is 438 g/mol. The average molecular weight is 438 g/mol. The Morgan fingerprint density at radius 3 is 1.52 bits per heavy atom. The van der Waals surface area contributed by atoms with E-state index in [1.165, 1.54) is 0 Å². The third-order valence-corrected chi connectivity index (χ3v) is 9.19. The second-order valence-corrected chi connectivity index (χ2v) is 12.8. The maximum Gasteiger partial charge on any atom is 0.394 e. The molecule has 1 aromatic carbocycles. The van der Waals surface area contributed by atoms with Gasteiger partial charge in [-0.3, -0.25) is 13.6 Å². The third kappa shape index (κ3) is 8.41. The second-order valence-electron chi connectivity index (χ2n) is 7.12. The van der Waals surface area contributed by atoms with Gasteiger partial charge in [-0.2, -0.15) is 0 Å². The van der Waals surface area contributed by atoms with Crippen LogP contribution in [-0.4, -0.2) is 24.4 Å². The summed E-state index contributed by atoms with van der Waals surface area (Å²) in [5.74, 6) is 0. The van der Waals surface area contributed by atoms with Crippen molar-refractivity contribution in [1.82, 2.24) is 0 Å². The van der Waals surface area contributed by atoms with Gasteiger partial charge in [-0.05, 0) is 78.9 Å². The third-order valence-electron chi connectivity index (χ3n) is 2.75. The normalized spacial score (nSPS) is 13.3. The van der Waals surface area contributed by atoms with Crippen LogP contribution in [0.2, 0.25) is 0 Å². The van der Waals surface area contributed by atoms with E-state index in [-0.39, 0.29) is 24.4 Å². The van der Waals surface area contributed by atoms with Crippen LogP contribution in [0.3, 0.4) is 0 Å². The Kier molecular flexibility index (Phi) is 9.77. The summed E-state index contributed by atoms with van der Waals surface area (Å²) < 4.78 is 49.4. The van der Waals surface area contributed by atoms with Gasteiger partial charge in [0.15, 0.2) is 0 Å². The zero-order valence-electron chi connectivity index (χ0n) is 17.4. The Labute approximate surface area is 167 Å². The summed E-state index contributed by atoms with van der Waals surface area (Å²) in [6, 6.07) is 6.91. The smallest absolute Gasteiger partial charge is 0.302 e. The van der Waals surface area contributed by atoms with Gasteiger partial charge in [-0.25, -0.2) is 4.57 Å². The van der Waals surface area contributed by atoms with Gasteiger partial charge in [0.25, 0.3) is 0 Å². The van der Waals surface area contributed by atoms with Gasteiger partial charge in [0.2, 0.25) is 0 Å². The number of hydrogen-bond donors (Lipinski definition) is 0. The lowest BCUT2D eigenvalue weighted by Gasteiger charge is -2.26. The molecule has 0 N–H and O–H groups in total. The highest BCUT2D eigenvalue weighted by atomic mass is 32.7. The van der Waals surface area contributed by atoms with E-state index in [9.17, 15) is 9.13 Å². The van der Waals surface area contributed by atoms with Gasteiger partial charge >= 0.3 is 14.4 Å². The van der Waals surface area contributed by atoms with Crippen molar-refractivity contribution in [2.24, 2.45) is 0 Å². The summed E-state index contributed by atoms with van der Waals surface area (Å²) >= 11 is 0.934. The molecule has 27 heavy (non-hydrogen) atoms. The zero-order chi connectivity index (χ0) is 20.8. The van der Waals surface area contributed by atoms with Gasteiger partial charge in [-0.15, -0.1) is 0 Å². The topological polar surface area (TPSA) is 71.1 Å². The molecule has 9 heteroatoms. The van der Waals surface area contributed by atoms with Crippen LogP contribution in [0, 0.1) is 0 Å². The van der Waals surface area contributed by atoms with Gasteiger partial charge in [0, 0.05) is 4.90 Å². The zero-order valence-corrected chi connectivity index (χ0v) is 20.0. The summed E-state index contributed by atoms with van der Waals surface area (Å²) in [7, 11) is -3.63. The second kappa shape index (κ2) is 10.6. The minimum Gasteiger partial charge on any atom is -0.302 e. The fourth-order valence-electron chi connectivity index (χ4n) is 2.16. The van der Waals surface area contributed by atoms with E-state index in [1.807, 2.05) is 0 Å². The van der Waals surface area contributed by atoms with Gasteiger partial charge in [-0.1, -0.05) is 12.1 Å². The first-order chi connectivity index (χ1) is 12.4. The molecule has 0 aromatic heterocycles. The van der Waals surface area contributed by atoms with E-state index >= 15 is 0 Å². The van der Waals surface area contributed by atoms with E-state index < -0.39 is 14.4 Å². The molecule has 0 fully saturated rings. The molecule has 0 aliphatic rings. The van der Waals surface area contributed by atoms with Crippen molar-refractivity contribution in [2.45, 2.75) is 84.7 Å². The van der Waals surface area contributed by atoms with Crippen LogP contribution in [-0.2, 0) is 27.2 Å². The molecule has 0 radical (unpaired) electrons. The predicted octanol–water partition coefficient (Wildman–Crippen LogP) is 6.41. The van der Waals surface area contributed by atoms with Crippen LogP contribution >= 0.6 is 25.8 Å². The first-order valence-electron chi connectivity index (χ1n) is 9.09. The van der Waals surface area contributed by atoms with Crippen LogP contribution in [0.5, 0.6) is 0 Å². The van der Waals surface area contributed by atoms with E-state index in [4.69, 9.17) is 18.1 Å². The van der Waals surface area contributed by atoms with Crippen molar-refractivity contribution >= 4 is 31.1 Å². The SMILES string of the molecule is CC(C)OP(=O)(OC(C)C)Sc1ccccc1P(=O)(OC(C)C)OC(C)C. The van der Waals surface area contributed by atoms with Crippen LogP contribution < -0.4 is 5.30 Å². The Bertz CT molecular complexity index is 662. The molecule has 0 heterocycles. The first-order valence-corrected chi connectivity index (χ1v) is 13.6. The van der Waals surface area contributed by atoms with Crippen molar-refractivity contribution in [1.29, 1.82) is 0 Å². The Balaban J connectivity index is 3.37. The quantitative estimate of drug-likeness (QED) is 0.370. The molecular weight excluding hydrogens is 406 g/mol. The molecule has 0 bridgehead atoms. The van der Waals surface area contributed by atoms with E-state index in [2.05, 4.69) is 0 Å². The Morgan fingerprint density at radius 2 is 1.11 bits per heavy atom. The molecule has 0 aliphatic carbocycles. The lowest BCUT2D eigenvalue weighted by Crippen LogP contribution is -2.18. The maximum absolute atomic E-state index is 13.6. The van der Waals surface area contributed by atoms with Gasteiger partial charge < -0.3 is 9.05 Å². The highest BCUT2D eigenvalue weighted by Crippen LogP contribution is 2.66. The summed E-state index contributed by atoms with van der Waals surface area (Å²) in [6.45, 7) is 10.8. The van der Waals surface area contributed by atoms with Crippen LogP contribution in [0.15, 0.2) is 29.2 Å². The summed E-state index contributed by atoms with van der Waals surface area (Å²) in [4.78, 5) is 0.492. The molecule has 0 spiro atoms. The van der Waals surface area contributed by atoms with Crippen molar-refractivity contribution in [3.63, 3.8) is 0 Å². The molecule has 1 aromatic rings. The lowest BCUT2D eigenvalue weighted by atomic mass is 10.4. The summed E-state index contributed by atoms with van der Waals surface area (Å²) in [5, 5.41) is 0.359.